The van der Waals surface area contributed by atoms with E-state index in [1.807, 2.05) is 12.1 Å². The van der Waals surface area contributed by atoms with E-state index in [9.17, 15) is 9.18 Å². The summed E-state index contributed by atoms with van der Waals surface area (Å²) in [7, 11) is 0. The van der Waals surface area contributed by atoms with E-state index in [-0.39, 0.29) is 17.6 Å². The first-order chi connectivity index (χ1) is 16.1. The largest absolute Gasteiger partial charge is 0.478 e. The Bertz CT molecular complexity index is 1050. The van der Waals surface area contributed by atoms with E-state index in [0.717, 1.165) is 30.5 Å². The molecule has 1 saturated heterocycles. The number of halogens is 3. The quantitative estimate of drug-likeness (QED) is 0.413. The van der Waals surface area contributed by atoms with Crippen molar-refractivity contribution in [3.63, 3.8) is 0 Å². The molecule has 8 heteroatoms. The second-order valence-electron chi connectivity index (χ2n) is 9.94. The molecule has 0 amide bonds. The molecule has 5 nitrogen and oxygen atoms in total. The van der Waals surface area contributed by atoms with E-state index >= 15 is 0 Å². The second-order valence-corrected chi connectivity index (χ2v) is 10.8. The number of rotatable bonds is 7. The molecule has 0 radical (unpaired) electrons. The average molecular weight is 510 g/mol. The summed E-state index contributed by atoms with van der Waals surface area (Å²) in [6.45, 7) is 7.58. The minimum atomic E-state index is -0.692. The van der Waals surface area contributed by atoms with Gasteiger partial charge >= 0.3 is 5.97 Å². The van der Waals surface area contributed by atoms with Crippen molar-refractivity contribution < 1.29 is 23.4 Å². The Morgan fingerprint density at radius 3 is 2.62 bits per heavy atom. The number of nitrogens with zero attached hydrogens (tertiary/aromatic N) is 1. The van der Waals surface area contributed by atoms with Crippen LogP contribution >= 0.6 is 23.2 Å². The van der Waals surface area contributed by atoms with Gasteiger partial charge in [-0.3, -0.25) is 4.90 Å². The summed E-state index contributed by atoms with van der Waals surface area (Å²) < 4.78 is 32.2. The molecule has 0 spiro atoms. The van der Waals surface area contributed by atoms with Crippen LogP contribution in [0.3, 0.4) is 0 Å². The van der Waals surface area contributed by atoms with Gasteiger partial charge in [0.1, 0.15) is 23.9 Å². The minimum absolute atomic E-state index is 0.0104. The molecule has 34 heavy (non-hydrogen) atoms. The van der Waals surface area contributed by atoms with E-state index in [4.69, 9.17) is 37.4 Å². The first kappa shape index (κ1) is 25.2. The van der Waals surface area contributed by atoms with Gasteiger partial charge in [-0.15, -0.1) is 0 Å². The van der Waals surface area contributed by atoms with E-state index < -0.39 is 17.4 Å². The van der Waals surface area contributed by atoms with Crippen LogP contribution in [0.25, 0.3) is 0 Å². The van der Waals surface area contributed by atoms with Crippen LogP contribution in [-0.4, -0.2) is 49.0 Å². The van der Waals surface area contributed by atoms with E-state index in [1.54, 1.807) is 32.9 Å². The lowest BCUT2D eigenvalue weighted by molar-refractivity contribution is -0.0491. The number of morpholine rings is 1. The molecule has 1 atom stereocenters. The molecule has 2 fully saturated rings. The van der Waals surface area contributed by atoms with E-state index in [1.165, 1.54) is 6.07 Å². The predicted octanol–water partition coefficient (Wildman–Crippen LogP) is 6.25. The van der Waals surface area contributed by atoms with Gasteiger partial charge in [0, 0.05) is 19.2 Å². The van der Waals surface area contributed by atoms with Crippen molar-refractivity contribution in [2.45, 2.75) is 57.7 Å². The maximum Gasteiger partial charge on any atom is 0.341 e. The zero-order chi connectivity index (χ0) is 24.5. The smallest absolute Gasteiger partial charge is 0.341 e. The lowest BCUT2D eigenvalue weighted by Crippen LogP contribution is -2.45. The SMILES string of the molecule is CC(C)(C)OC(=O)c1cc(C2CC2)c(OCN2CCO[C@H](Cc3ccc(Cl)c(Cl)c3)C2)cc1F. The van der Waals surface area contributed by atoms with Crippen molar-refractivity contribution in [2.75, 3.05) is 26.4 Å². The minimum Gasteiger partial charge on any atom is -0.478 e. The number of hydrogen-bond donors (Lipinski definition) is 0. The molecule has 4 rings (SSSR count). The number of esters is 1. The Labute approximate surface area is 210 Å². The zero-order valence-corrected chi connectivity index (χ0v) is 21.2. The molecule has 1 aliphatic heterocycles. The summed E-state index contributed by atoms with van der Waals surface area (Å²) in [5.41, 5.74) is 1.18. The van der Waals surface area contributed by atoms with Crippen LogP contribution < -0.4 is 4.74 Å². The number of carbonyl (C=O) groups excluding carboxylic acids is 1. The normalized spacial score (nSPS) is 19.2. The van der Waals surface area contributed by atoms with Crippen molar-refractivity contribution in [1.29, 1.82) is 0 Å². The lowest BCUT2D eigenvalue weighted by atomic mass is 10.0. The molecule has 0 unspecified atom stereocenters. The third-order valence-electron chi connectivity index (χ3n) is 5.81. The molecular weight excluding hydrogens is 480 g/mol. The molecule has 0 N–H and O–H groups in total. The molecule has 0 bridgehead atoms. The Hall–Kier alpha value is -1.86. The topological polar surface area (TPSA) is 48.0 Å². The average Bonchev–Trinajstić information content (AvgIpc) is 3.59. The van der Waals surface area contributed by atoms with Gasteiger partial charge in [0.05, 0.1) is 28.3 Å². The van der Waals surface area contributed by atoms with E-state index in [2.05, 4.69) is 4.90 Å². The Balaban J connectivity index is 1.41. The summed E-state index contributed by atoms with van der Waals surface area (Å²) in [4.78, 5) is 14.6. The first-order valence-corrected chi connectivity index (χ1v) is 12.3. The first-order valence-electron chi connectivity index (χ1n) is 11.6. The zero-order valence-electron chi connectivity index (χ0n) is 19.7. The second kappa shape index (κ2) is 10.4. The van der Waals surface area contributed by atoms with Crippen LogP contribution in [0.1, 0.15) is 61.0 Å². The maximum atomic E-state index is 14.8. The summed E-state index contributed by atoms with van der Waals surface area (Å²) in [6, 6.07) is 8.52. The number of benzene rings is 2. The molecule has 0 aromatic heterocycles. The highest BCUT2D eigenvalue weighted by Crippen LogP contribution is 2.45. The van der Waals surface area contributed by atoms with Crippen molar-refractivity contribution in [1.82, 2.24) is 4.90 Å². The third-order valence-corrected chi connectivity index (χ3v) is 6.55. The van der Waals surface area contributed by atoms with Gasteiger partial charge in [0.15, 0.2) is 0 Å². The highest BCUT2D eigenvalue weighted by atomic mass is 35.5. The van der Waals surface area contributed by atoms with Crippen molar-refractivity contribution in [2.24, 2.45) is 0 Å². The van der Waals surface area contributed by atoms with Crippen LogP contribution in [0.2, 0.25) is 10.0 Å². The van der Waals surface area contributed by atoms with Gasteiger partial charge < -0.3 is 14.2 Å². The van der Waals surface area contributed by atoms with Gasteiger partial charge in [-0.2, -0.15) is 0 Å². The Morgan fingerprint density at radius 2 is 1.94 bits per heavy atom. The van der Waals surface area contributed by atoms with Gasteiger partial charge in [-0.05, 0) is 75.3 Å². The summed E-state index contributed by atoms with van der Waals surface area (Å²) >= 11 is 12.1. The van der Waals surface area contributed by atoms with Gasteiger partial charge in [0.25, 0.3) is 0 Å². The van der Waals surface area contributed by atoms with Gasteiger partial charge in [-0.1, -0.05) is 29.3 Å². The standard InChI is InChI=1S/C26H30Cl2FNO4/c1-26(2,3)34-25(31)20-12-19(17-5-6-17)24(13-23(20)29)33-15-30-8-9-32-18(14-30)10-16-4-7-21(27)22(28)11-16/h4,7,11-13,17-18H,5-6,8-10,14-15H2,1-3H3/t18-/m1/s1. The summed E-state index contributed by atoms with van der Waals surface area (Å²) in [5.74, 6) is -0.520. The highest BCUT2D eigenvalue weighted by Gasteiger charge is 2.31. The van der Waals surface area contributed by atoms with Crippen molar-refractivity contribution in [3.05, 3.63) is 62.9 Å². The fourth-order valence-corrected chi connectivity index (χ4v) is 4.33. The molecule has 2 aromatic rings. The fraction of sp³-hybridized carbons (Fsp3) is 0.500. The summed E-state index contributed by atoms with van der Waals surface area (Å²) in [6.07, 6.45) is 2.70. The Morgan fingerprint density at radius 1 is 1.18 bits per heavy atom. The molecular formula is C26H30Cl2FNO4. The molecule has 1 aliphatic carbocycles. The fourth-order valence-electron chi connectivity index (χ4n) is 4.01. The number of carbonyl (C=O) groups is 1. The molecule has 184 valence electrons. The van der Waals surface area contributed by atoms with Crippen molar-refractivity contribution in [3.8, 4) is 5.75 Å². The number of hydrogen-bond acceptors (Lipinski definition) is 5. The van der Waals surface area contributed by atoms with Gasteiger partial charge in [0.2, 0.25) is 0 Å². The molecule has 1 saturated carbocycles. The summed E-state index contributed by atoms with van der Waals surface area (Å²) in [5, 5.41) is 1.06. The molecule has 2 aliphatic rings. The van der Waals surface area contributed by atoms with Crippen molar-refractivity contribution >= 4 is 29.2 Å². The van der Waals surface area contributed by atoms with Crippen LogP contribution in [-0.2, 0) is 15.9 Å². The lowest BCUT2D eigenvalue weighted by Gasteiger charge is -2.33. The van der Waals surface area contributed by atoms with Crippen LogP contribution in [0.15, 0.2) is 30.3 Å². The molecule has 1 heterocycles. The molecule has 2 aromatic carbocycles. The maximum absolute atomic E-state index is 14.8. The Kier molecular flexibility index (Phi) is 7.72. The monoisotopic (exact) mass is 509 g/mol. The van der Waals surface area contributed by atoms with Crippen LogP contribution in [0.4, 0.5) is 4.39 Å². The van der Waals surface area contributed by atoms with Gasteiger partial charge in [-0.25, -0.2) is 9.18 Å². The van der Waals surface area contributed by atoms with E-state index in [0.29, 0.717) is 42.1 Å². The third kappa shape index (κ3) is 6.63. The number of ether oxygens (including phenoxy) is 3. The highest BCUT2D eigenvalue weighted by molar-refractivity contribution is 6.42. The predicted molar refractivity (Wildman–Crippen MR) is 131 cm³/mol. The van der Waals surface area contributed by atoms with Crippen LogP contribution in [0.5, 0.6) is 5.75 Å². The van der Waals surface area contributed by atoms with Crippen LogP contribution in [0, 0.1) is 5.82 Å².